The van der Waals surface area contributed by atoms with Crippen LogP contribution in [0.1, 0.15) is 48.9 Å². The Morgan fingerprint density at radius 2 is 1.88 bits per heavy atom. The van der Waals surface area contributed by atoms with Gasteiger partial charge in [0.25, 0.3) is 5.91 Å². The van der Waals surface area contributed by atoms with E-state index < -0.39 is 5.63 Å². The molecular formula is C13H17NO3. The molecule has 0 spiro atoms. The zero-order chi connectivity index (χ0) is 12.1. The summed E-state index contributed by atoms with van der Waals surface area (Å²) in [6.45, 7) is 0. The van der Waals surface area contributed by atoms with Crippen LogP contribution in [-0.2, 0) is 0 Å². The Hall–Kier alpha value is -1.58. The van der Waals surface area contributed by atoms with Gasteiger partial charge in [0.15, 0.2) is 0 Å². The van der Waals surface area contributed by atoms with Gasteiger partial charge in [0.05, 0.1) is 5.56 Å². The molecule has 4 nitrogen and oxygen atoms in total. The number of nitrogens with one attached hydrogen (secondary N) is 1. The molecule has 0 unspecified atom stereocenters. The minimum atomic E-state index is -0.434. The fourth-order valence-corrected chi connectivity index (χ4v) is 2.18. The van der Waals surface area contributed by atoms with Crippen molar-refractivity contribution >= 4 is 5.91 Å². The van der Waals surface area contributed by atoms with Gasteiger partial charge in [0.1, 0.15) is 6.26 Å². The molecule has 92 valence electrons. The van der Waals surface area contributed by atoms with Gasteiger partial charge in [-0.15, -0.1) is 0 Å². The number of hydrogen-bond donors (Lipinski definition) is 1. The van der Waals surface area contributed by atoms with E-state index in [0.29, 0.717) is 5.56 Å². The molecule has 17 heavy (non-hydrogen) atoms. The molecule has 0 aliphatic heterocycles. The Balaban J connectivity index is 1.95. The van der Waals surface area contributed by atoms with E-state index in [4.69, 9.17) is 0 Å². The summed E-state index contributed by atoms with van der Waals surface area (Å²) in [5, 5.41) is 2.99. The van der Waals surface area contributed by atoms with Crippen molar-refractivity contribution < 1.29 is 9.21 Å². The lowest BCUT2D eigenvalue weighted by Gasteiger charge is -2.15. The second-order valence-corrected chi connectivity index (χ2v) is 4.51. The maximum absolute atomic E-state index is 11.9. The van der Waals surface area contributed by atoms with Crippen molar-refractivity contribution in [2.24, 2.45) is 0 Å². The van der Waals surface area contributed by atoms with Gasteiger partial charge in [-0.05, 0) is 18.9 Å². The fourth-order valence-electron chi connectivity index (χ4n) is 2.18. The summed E-state index contributed by atoms with van der Waals surface area (Å²) in [4.78, 5) is 22.6. The predicted molar refractivity (Wildman–Crippen MR) is 63.9 cm³/mol. The van der Waals surface area contributed by atoms with Gasteiger partial charge in [0, 0.05) is 12.1 Å². The zero-order valence-corrected chi connectivity index (χ0v) is 9.78. The molecule has 4 heteroatoms. The molecule has 0 radical (unpaired) electrons. The SMILES string of the molecule is O=C(NC1CCCCCC1)c1ccc(=O)oc1. The van der Waals surface area contributed by atoms with Crippen molar-refractivity contribution in [1.82, 2.24) is 5.32 Å². The molecule has 0 aromatic carbocycles. The first-order valence-electron chi connectivity index (χ1n) is 6.15. The molecule has 0 saturated heterocycles. The molecule has 1 saturated carbocycles. The van der Waals surface area contributed by atoms with Crippen LogP contribution in [0, 0.1) is 0 Å². The summed E-state index contributed by atoms with van der Waals surface area (Å²) in [7, 11) is 0. The van der Waals surface area contributed by atoms with Crippen molar-refractivity contribution in [3.05, 3.63) is 34.4 Å². The summed E-state index contributed by atoms with van der Waals surface area (Å²) < 4.78 is 4.68. The van der Waals surface area contributed by atoms with E-state index in [1.807, 2.05) is 0 Å². The summed E-state index contributed by atoms with van der Waals surface area (Å²) in [6.07, 6.45) is 8.17. The Labute approximate surface area is 100 Å². The lowest BCUT2D eigenvalue weighted by atomic mass is 10.1. The van der Waals surface area contributed by atoms with E-state index in [1.54, 1.807) is 0 Å². The molecule has 1 fully saturated rings. The van der Waals surface area contributed by atoms with E-state index in [0.717, 1.165) is 12.8 Å². The molecule has 1 amide bonds. The summed E-state index contributed by atoms with van der Waals surface area (Å²) in [5.74, 6) is -0.152. The molecule has 1 aromatic heterocycles. The van der Waals surface area contributed by atoms with Gasteiger partial charge in [0.2, 0.25) is 0 Å². The van der Waals surface area contributed by atoms with Crippen LogP contribution >= 0.6 is 0 Å². The Morgan fingerprint density at radius 3 is 2.47 bits per heavy atom. The van der Waals surface area contributed by atoms with Crippen molar-refractivity contribution in [2.45, 2.75) is 44.6 Å². The molecule has 0 atom stereocenters. The summed E-state index contributed by atoms with van der Waals surface area (Å²) >= 11 is 0. The number of carbonyl (C=O) groups is 1. The predicted octanol–water partition coefficient (Wildman–Crippen LogP) is 2.09. The van der Waals surface area contributed by atoms with Gasteiger partial charge in [-0.2, -0.15) is 0 Å². The van der Waals surface area contributed by atoms with E-state index in [9.17, 15) is 9.59 Å². The lowest BCUT2D eigenvalue weighted by Crippen LogP contribution is -2.34. The van der Waals surface area contributed by atoms with Gasteiger partial charge in [-0.3, -0.25) is 4.79 Å². The van der Waals surface area contributed by atoms with E-state index >= 15 is 0 Å². The topological polar surface area (TPSA) is 59.3 Å². The van der Waals surface area contributed by atoms with E-state index in [-0.39, 0.29) is 11.9 Å². The fraction of sp³-hybridized carbons (Fsp3) is 0.538. The third kappa shape index (κ3) is 3.44. The van der Waals surface area contributed by atoms with Crippen LogP contribution in [0.4, 0.5) is 0 Å². The highest BCUT2D eigenvalue weighted by atomic mass is 16.4. The smallest absolute Gasteiger partial charge is 0.335 e. The van der Waals surface area contributed by atoms with Crippen molar-refractivity contribution in [3.8, 4) is 0 Å². The molecule has 1 aliphatic carbocycles. The monoisotopic (exact) mass is 235 g/mol. The molecule has 1 aromatic rings. The molecule has 1 heterocycles. The maximum atomic E-state index is 11.9. The van der Waals surface area contributed by atoms with Crippen LogP contribution in [0.3, 0.4) is 0 Å². The highest BCUT2D eigenvalue weighted by Gasteiger charge is 2.15. The standard InChI is InChI=1S/C13H17NO3/c15-12-8-7-10(9-17-12)13(16)14-11-5-3-1-2-4-6-11/h7-9,11H,1-6H2,(H,14,16). The first-order chi connectivity index (χ1) is 8.25. The van der Waals surface area contributed by atoms with Crippen molar-refractivity contribution in [2.75, 3.05) is 0 Å². The third-order valence-electron chi connectivity index (χ3n) is 3.15. The number of carbonyl (C=O) groups excluding carboxylic acids is 1. The first-order valence-corrected chi connectivity index (χ1v) is 6.15. The summed E-state index contributed by atoms with van der Waals surface area (Å²) in [5.41, 5.74) is -0.0233. The van der Waals surface area contributed by atoms with Crippen LogP contribution in [0.5, 0.6) is 0 Å². The lowest BCUT2D eigenvalue weighted by molar-refractivity contribution is 0.0931. The molecule has 1 N–H and O–H groups in total. The molecule has 1 aliphatic rings. The third-order valence-corrected chi connectivity index (χ3v) is 3.15. The average molecular weight is 235 g/mol. The quantitative estimate of drug-likeness (QED) is 0.798. The number of rotatable bonds is 2. The number of hydrogen-bond acceptors (Lipinski definition) is 3. The first kappa shape index (κ1) is 11.9. The Bertz CT molecular complexity index is 410. The Morgan fingerprint density at radius 1 is 1.18 bits per heavy atom. The van der Waals surface area contributed by atoms with Crippen LogP contribution < -0.4 is 10.9 Å². The van der Waals surface area contributed by atoms with Crippen LogP contribution in [0.25, 0.3) is 0 Å². The number of amides is 1. The largest absolute Gasteiger partial charge is 0.430 e. The molecule has 0 bridgehead atoms. The normalized spacial score (nSPS) is 17.4. The molecule has 2 rings (SSSR count). The highest BCUT2D eigenvalue weighted by Crippen LogP contribution is 2.17. The average Bonchev–Trinajstić information content (AvgIpc) is 2.58. The van der Waals surface area contributed by atoms with Crippen LogP contribution in [0.2, 0.25) is 0 Å². The molecular weight excluding hydrogens is 218 g/mol. The van der Waals surface area contributed by atoms with Crippen LogP contribution in [-0.4, -0.2) is 11.9 Å². The minimum Gasteiger partial charge on any atom is -0.430 e. The van der Waals surface area contributed by atoms with E-state index in [1.165, 1.54) is 44.1 Å². The summed E-state index contributed by atoms with van der Waals surface area (Å²) in [6, 6.07) is 3.02. The van der Waals surface area contributed by atoms with Crippen LogP contribution in [0.15, 0.2) is 27.6 Å². The second-order valence-electron chi connectivity index (χ2n) is 4.51. The van der Waals surface area contributed by atoms with Crippen molar-refractivity contribution in [1.29, 1.82) is 0 Å². The van der Waals surface area contributed by atoms with Crippen molar-refractivity contribution in [3.63, 3.8) is 0 Å². The highest BCUT2D eigenvalue weighted by molar-refractivity contribution is 5.93. The zero-order valence-electron chi connectivity index (χ0n) is 9.78. The van der Waals surface area contributed by atoms with Gasteiger partial charge in [-0.1, -0.05) is 25.7 Å². The van der Waals surface area contributed by atoms with Gasteiger partial charge < -0.3 is 9.73 Å². The minimum absolute atomic E-state index is 0.152. The van der Waals surface area contributed by atoms with Gasteiger partial charge in [-0.25, -0.2) is 4.79 Å². The maximum Gasteiger partial charge on any atom is 0.335 e. The van der Waals surface area contributed by atoms with Gasteiger partial charge >= 0.3 is 5.63 Å². The second kappa shape index (κ2) is 5.66. The van der Waals surface area contributed by atoms with E-state index in [2.05, 4.69) is 9.73 Å². The Kier molecular flexibility index (Phi) is 3.96.